The lowest BCUT2D eigenvalue weighted by molar-refractivity contribution is 0.0981. The first-order valence-corrected chi connectivity index (χ1v) is 12.5. The van der Waals surface area contributed by atoms with E-state index in [0.717, 1.165) is 23.3 Å². The van der Waals surface area contributed by atoms with Crippen molar-refractivity contribution in [2.24, 2.45) is 5.14 Å². The predicted octanol–water partition coefficient (Wildman–Crippen LogP) is 2.17. The van der Waals surface area contributed by atoms with Gasteiger partial charge in [0.25, 0.3) is 15.9 Å². The number of hydrogen-bond acceptors (Lipinski definition) is 6. The number of hydrogen-bond donors (Lipinski definition) is 2. The summed E-state index contributed by atoms with van der Waals surface area (Å²) in [6.07, 6.45) is 0. The topological polar surface area (TPSA) is 133 Å². The largest absolute Gasteiger partial charge is 0.495 e. The van der Waals surface area contributed by atoms with Crippen LogP contribution >= 0.6 is 0 Å². The Hall–Kier alpha value is -3.65. The van der Waals surface area contributed by atoms with Gasteiger partial charge in [-0.1, -0.05) is 42.2 Å². The molecule has 3 aromatic carbocycles. The van der Waals surface area contributed by atoms with E-state index in [4.69, 9.17) is 9.88 Å². The fourth-order valence-electron chi connectivity index (χ4n) is 2.93. The summed E-state index contributed by atoms with van der Waals surface area (Å²) in [7, 11) is -7.46. The number of sulfonamides is 2. The summed E-state index contributed by atoms with van der Waals surface area (Å²) in [6.45, 7) is 1.93. The molecule has 0 saturated carbocycles. The van der Waals surface area contributed by atoms with Crippen LogP contribution in [0.2, 0.25) is 0 Å². The van der Waals surface area contributed by atoms with Gasteiger partial charge in [0, 0.05) is 11.1 Å². The molecule has 0 aliphatic heterocycles. The van der Waals surface area contributed by atoms with Gasteiger partial charge in [-0.3, -0.25) is 4.79 Å². The van der Waals surface area contributed by atoms with Crippen molar-refractivity contribution in [2.75, 3.05) is 7.11 Å². The van der Waals surface area contributed by atoms with Crippen LogP contribution in [0.4, 0.5) is 0 Å². The standard InChI is InChI=1S/C23H20N2O6S2/c1-16-7-3-4-8-17(16)11-12-18-13-14-19(15-20(18)31-2)23(26)25-33(29,30)22-10-6-5-9-21(22)32(24,27)28/h3-10,13-15H,1-2H3,(H,25,26)(H2,24,27,28). The molecule has 10 heteroatoms. The van der Waals surface area contributed by atoms with Crippen LogP contribution in [0.5, 0.6) is 5.75 Å². The van der Waals surface area contributed by atoms with Crippen molar-refractivity contribution in [2.45, 2.75) is 16.7 Å². The summed E-state index contributed by atoms with van der Waals surface area (Å²) in [4.78, 5) is 11.4. The Morgan fingerprint density at radius 2 is 1.48 bits per heavy atom. The van der Waals surface area contributed by atoms with E-state index in [-0.39, 0.29) is 11.3 Å². The minimum Gasteiger partial charge on any atom is -0.495 e. The molecule has 8 nitrogen and oxygen atoms in total. The van der Waals surface area contributed by atoms with E-state index >= 15 is 0 Å². The number of methoxy groups -OCH3 is 1. The van der Waals surface area contributed by atoms with E-state index in [1.807, 2.05) is 35.9 Å². The minimum absolute atomic E-state index is 0.0232. The first-order chi connectivity index (χ1) is 15.5. The lowest BCUT2D eigenvalue weighted by atomic mass is 10.1. The highest BCUT2D eigenvalue weighted by atomic mass is 32.2. The zero-order valence-electron chi connectivity index (χ0n) is 17.7. The van der Waals surface area contributed by atoms with E-state index in [1.54, 1.807) is 0 Å². The van der Waals surface area contributed by atoms with Crippen molar-refractivity contribution < 1.29 is 26.4 Å². The van der Waals surface area contributed by atoms with Crippen LogP contribution in [0.1, 0.15) is 27.0 Å². The first kappa shape index (κ1) is 24.0. The van der Waals surface area contributed by atoms with E-state index in [0.29, 0.717) is 5.56 Å². The van der Waals surface area contributed by atoms with Crippen LogP contribution in [-0.4, -0.2) is 29.9 Å². The van der Waals surface area contributed by atoms with Crippen LogP contribution in [0, 0.1) is 18.8 Å². The number of carbonyl (C=O) groups excluding carboxylic acids is 1. The molecule has 3 rings (SSSR count). The Bertz CT molecular complexity index is 1500. The highest BCUT2D eigenvalue weighted by Crippen LogP contribution is 2.22. The molecule has 0 fully saturated rings. The average molecular weight is 485 g/mol. The third kappa shape index (κ3) is 5.59. The van der Waals surface area contributed by atoms with E-state index in [9.17, 15) is 21.6 Å². The monoisotopic (exact) mass is 484 g/mol. The quantitative estimate of drug-likeness (QED) is 0.534. The molecule has 0 radical (unpaired) electrons. The van der Waals surface area contributed by atoms with Gasteiger partial charge >= 0.3 is 0 Å². The molecule has 0 bridgehead atoms. The van der Waals surface area contributed by atoms with E-state index in [2.05, 4.69) is 11.8 Å². The van der Waals surface area contributed by atoms with Gasteiger partial charge in [-0.2, -0.15) is 0 Å². The second-order valence-electron chi connectivity index (χ2n) is 6.91. The summed E-state index contributed by atoms with van der Waals surface area (Å²) in [5.41, 5.74) is 2.32. The lowest BCUT2D eigenvalue weighted by Crippen LogP contribution is -2.32. The Kier molecular flexibility index (Phi) is 6.88. The Balaban J connectivity index is 1.91. The van der Waals surface area contributed by atoms with Crippen LogP contribution < -0.4 is 14.6 Å². The van der Waals surface area contributed by atoms with Crippen LogP contribution in [0.25, 0.3) is 0 Å². The van der Waals surface area contributed by atoms with Gasteiger partial charge in [0.2, 0.25) is 10.0 Å². The average Bonchev–Trinajstić information content (AvgIpc) is 2.77. The molecular weight excluding hydrogens is 464 g/mol. The highest BCUT2D eigenvalue weighted by molar-refractivity contribution is 7.92. The molecule has 33 heavy (non-hydrogen) atoms. The summed E-state index contributed by atoms with van der Waals surface area (Å²) >= 11 is 0. The number of primary sulfonamides is 1. The number of carbonyl (C=O) groups is 1. The van der Waals surface area contributed by atoms with E-state index < -0.39 is 35.7 Å². The third-order valence-electron chi connectivity index (χ3n) is 4.61. The van der Waals surface area contributed by atoms with Crippen molar-refractivity contribution in [3.8, 4) is 17.6 Å². The summed E-state index contributed by atoms with van der Waals surface area (Å²) in [5, 5.41) is 5.10. The van der Waals surface area contributed by atoms with Gasteiger partial charge in [0.1, 0.15) is 15.5 Å². The number of amides is 1. The molecule has 0 saturated heterocycles. The van der Waals surface area contributed by atoms with Crippen molar-refractivity contribution in [1.82, 2.24) is 4.72 Å². The molecule has 0 spiro atoms. The molecule has 0 aliphatic carbocycles. The van der Waals surface area contributed by atoms with E-state index in [1.165, 1.54) is 37.4 Å². The molecule has 0 unspecified atom stereocenters. The molecule has 3 aromatic rings. The number of ether oxygens (including phenoxy) is 1. The van der Waals surface area contributed by atoms with Gasteiger partial charge in [-0.25, -0.2) is 26.7 Å². The smallest absolute Gasteiger partial charge is 0.265 e. The molecule has 0 aromatic heterocycles. The number of rotatable bonds is 5. The fourth-order valence-corrected chi connectivity index (χ4v) is 5.28. The van der Waals surface area contributed by atoms with Crippen molar-refractivity contribution in [3.05, 3.63) is 89.0 Å². The van der Waals surface area contributed by atoms with Gasteiger partial charge in [-0.15, -0.1) is 0 Å². The second kappa shape index (κ2) is 9.46. The predicted molar refractivity (Wildman–Crippen MR) is 123 cm³/mol. The zero-order chi connectivity index (χ0) is 24.2. The fraction of sp³-hybridized carbons (Fsp3) is 0.0870. The molecule has 3 N–H and O–H groups in total. The number of aryl methyl sites for hydroxylation is 1. The van der Waals surface area contributed by atoms with Gasteiger partial charge in [0.05, 0.1) is 12.7 Å². The number of nitrogens with one attached hydrogen (secondary N) is 1. The maximum Gasteiger partial charge on any atom is 0.265 e. The maximum atomic E-state index is 12.7. The Labute approximate surface area is 192 Å². The van der Waals surface area contributed by atoms with Crippen LogP contribution in [0.3, 0.4) is 0 Å². The Morgan fingerprint density at radius 3 is 2.12 bits per heavy atom. The maximum absolute atomic E-state index is 12.7. The minimum atomic E-state index is -4.53. The molecule has 1 amide bonds. The van der Waals surface area contributed by atoms with Gasteiger partial charge in [0.15, 0.2) is 0 Å². The number of nitrogens with two attached hydrogens (primary N) is 1. The SMILES string of the molecule is COc1cc(C(=O)NS(=O)(=O)c2ccccc2S(N)(=O)=O)ccc1C#Cc1ccccc1C. The summed E-state index contributed by atoms with van der Waals surface area (Å²) in [5.74, 6) is 5.31. The third-order valence-corrected chi connectivity index (χ3v) is 7.10. The highest BCUT2D eigenvalue weighted by Gasteiger charge is 2.26. The molecule has 0 heterocycles. The van der Waals surface area contributed by atoms with Crippen LogP contribution in [-0.2, 0) is 20.0 Å². The summed E-state index contributed by atoms with van der Waals surface area (Å²) < 4.78 is 56.0. The molecule has 170 valence electrons. The molecular formula is C23H20N2O6S2. The molecule has 0 atom stereocenters. The van der Waals surface area contributed by atoms with Gasteiger partial charge in [-0.05, 0) is 48.9 Å². The van der Waals surface area contributed by atoms with Crippen LogP contribution in [0.15, 0.2) is 76.5 Å². The van der Waals surface area contributed by atoms with Crippen molar-refractivity contribution >= 4 is 26.0 Å². The normalized spacial score (nSPS) is 11.2. The second-order valence-corrected chi connectivity index (χ2v) is 10.1. The van der Waals surface area contributed by atoms with Gasteiger partial charge < -0.3 is 4.74 Å². The Morgan fingerprint density at radius 1 is 0.879 bits per heavy atom. The van der Waals surface area contributed by atoms with Crippen molar-refractivity contribution in [3.63, 3.8) is 0 Å². The number of benzene rings is 3. The summed E-state index contributed by atoms with van der Waals surface area (Å²) in [6, 6.07) is 16.6. The first-order valence-electron chi connectivity index (χ1n) is 9.47. The lowest BCUT2D eigenvalue weighted by Gasteiger charge is -2.11. The molecule has 0 aliphatic rings. The zero-order valence-corrected chi connectivity index (χ0v) is 19.3. The van der Waals surface area contributed by atoms with Crippen molar-refractivity contribution in [1.29, 1.82) is 0 Å².